The number of aryl methyl sites for hydroxylation is 2. The fraction of sp³-hybridized carbons (Fsp3) is 0.667. The molecule has 1 aromatic rings. The largest absolute Gasteiger partial charge is 0.391 e. The molecule has 2 rings (SSSR count). The van der Waals surface area contributed by atoms with Crippen LogP contribution in [0.1, 0.15) is 17.0 Å². The lowest BCUT2D eigenvalue weighted by atomic mass is 10.3. The molecule has 1 atom stereocenters. The van der Waals surface area contributed by atoms with Gasteiger partial charge in [0.25, 0.3) is 0 Å². The van der Waals surface area contributed by atoms with Gasteiger partial charge < -0.3 is 10.0 Å². The van der Waals surface area contributed by atoms with E-state index in [-0.39, 0.29) is 6.10 Å². The maximum absolute atomic E-state index is 9.37. The molecule has 1 unspecified atom stereocenters. The molecule has 4 heteroatoms. The van der Waals surface area contributed by atoms with Crippen LogP contribution in [0.15, 0.2) is 0 Å². The van der Waals surface area contributed by atoms with E-state index in [9.17, 15) is 5.11 Å². The molecule has 0 saturated carbocycles. The van der Waals surface area contributed by atoms with Gasteiger partial charge in [0.05, 0.1) is 11.8 Å². The molecule has 1 fully saturated rings. The van der Waals surface area contributed by atoms with Crippen molar-refractivity contribution >= 4 is 16.5 Å². The van der Waals surface area contributed by atoms with Crippen LogP contribution < -0.4 is 4.90 Å². The Morgan fingerprint density at radius 2 is 2.31 bits per heavy atom. The molecule has 0 aromatic carbocycles. The van der Waals surface area contributed by atoms with Crippen molar-refractivity contribution in [3.05, 3.63) is 10.6 Å². The van der Waals surface area contributed by atoms with Crippen LogP contribution in [-0.2, 0) is 0 Å². The number of thiazole rings is 1. The smallest absolute Gasteiger partial charge is 0.185 e. The lowest BCUT2D eigenvalue weighted by Crippen LogP contribution is -2.20. The lowest BCUT2D eigenvalue weighted by Gasteiger charge is -2.12. The average Bonchev–Trinajstić information content (AvgIpc) is 2.61. The highest BCUT2D eigenvalue weighted by atomic mass is 32.1. The van der Waals surface area contributed by atoms with Gasteiger partial charge in [0, 0.05) is 18.0 Å². The summed E-state index contributed by atoms with van der Waals surface area (Å²) in [6.07, 6.45) is 0.710. The van der Waals surface area contributed by atoms with Crippen molar-refractivity contribution in [3.8, 4) is 0 Å². The van der Waals surface area contributed by atoms with Crippen molar-refractivity contribution in [2.45, 2.75) is 26.4 Å². The van der Waals surface area contributed by atoms with Gasteiger partial charge in [-0.3, -0.25) is 0 Å². The van der Waals surface area contributed by atoms with Gasteiger partial charge in [-0.25, -0.2) is 4.98 Å². The van der Waals surface area contributed by atoms with Gasteiger partial charge in [0.15, 0.2) is 5.13 Å². The highest BCUT2D eigenvalue weighted by Gasteiger charge is 2.22. The lowest BCUT2D eigenvalue weighted by molar-refractivity contribution is 0.198. The third kappa shape index (κ3) is 1.69. The second-order valence-electron chi connectivity index (χ2n) is 3.53. The standard InChI is InChI=1S/C9H14N2OS/c1-6-7(2)13-9(10-6)11-4-3-8(12)5-11/h8,12H,3-5H2,1-2H3. The highest BCUT2D eigenvalue weighted by Crippen LogP contribution is 2.27. The van der Waals surface area contributed by atoms with E-state index in [1.165, 1.54) is 4.88 Å². The summed E-state index contributed by atoms with van der Waals surface area (Å²) in [5.74, 6) is 0. The zero-order valence-corrected chi connectivity index (χ0v) is 8.77. The molecule has 0 aliphatic carbocycles. The van der Waals surface area contributed by atoms with E-state index >= 15 is 0 Å². The molecule has 1 aliphatic rings. The summed E-state index contributed by atoms with van der Waals surface area (Å²) < 4.78 is 0. The van der Waals surface area contributed by atoms with Crippen LogP contribution in [0, 0.1) is 13.8 Å². The normalized spacial score (nSPS) is 22.7. The molecule has 1 saturated heterocycles. The summed E-state index contributed by atoms with van der Waals surface area (Å²) in [6.45, 7) is 5.80. The summed E-state index contributed by atoms with van der Waals surface area (Å²) in [5, 5.41) is 10.4. The van der Waals surface area contributed by atoms with Gasteiger partial charge in [-0.05, 0) is 20.3 Å². The van der Waals surface area contributed by atoms with Gasteiger partial charge in [-0.1, -0.05) is 0 Å². The van der Waals surface area contributed by atoms with Crippen LogP contribution in [0.2, 0.25) is 0 Å². The molecular formula is C9H14N2OS. The van der Waals surface area contributed by atoms with Gasteiger partial charge in [0.1, 0.15) is 0 Å². The van der Waals surface area contributed by atoms with E-state index in [1.54, 1.807) is 11.3 Å². The molecule has 1 N–H and O–H groups in total. The minimum atomic E-state index is -0.162. The number of rotatable bonds is 1. The molecule has 0 radical (unpaired) electrons. The topological polar surface area (TPSA) is 36.4 Å². The van der Waals surface area contributed by atoms with E-state index in [0.717, 1.165) is 30.3 Å². The summed E-state index contributed by atoms with van der Waals surface area (Å²) in [4.78, 5) is 7.90. The number of aliphatic hydroxyl groups is 1. The van der Waals surface area contributed by atoms with Crippen LogP contribution >= 0.6 is 11.3 Å². The predicted octanol–water partition coefficient (Wildman–Crippen LogP) is 1.33. The predicted molar refractivity (Wildman–Crippen MR) is 54.4 cm³/mol. The first-order chi connectivity index (χ1) is 6.16. The Morgan fingerprint density at radius 3 is 2.77 bits per heavy atom. The Hall–Kier alpha value is -0.610. The van der Waals surface area contributed by atoms with Gasteiger partial charge in [-0.2, -0.15) is 0 Å². The van der Waals surface area contributed by atoms with E-state index in [1.807, 2.05) is 6.92 Å². The molecular weight excluding hydrogens is 184 g/mol. The quantitative estimate of drug-likeness (QED) is 0.739. The van der Waals surface area contributed by atoms with Crippen molar-refractivity contribution in [1.82, 2.24) is 4.98 Å². The number of aliphatic hydroxyl groups excluding tert-OH is 1. The van der Waals surface area contributed by atoms with Crippen molar-refractivity contribution in [2.24, 2.45) is 0 Å². The van der Waals surface area contributed by atoms with Gasteiger partial charge in [-0.15, -0.1) is 11.3 Å². The molecule has 2 heterocycles. The van der Waals surface area contributed by atoms with Crippen LogP contribution in [0.3, 0.4) is 0 Å². The van der Waals surface area contributed by atoms with Crippen molar-refractivity contribution in [1.29, 1.82) is 0 Å². The van der Waals surface area contributed by atoms with Gasteiger partial charge >= 0.3 is 0 Å². The zero-order chi connectivity index (χ0) is 9.42. The SMILES string of the molecule is Cc1nc(N2CCC(O)C2)sc1C. The first-order valence-corrected chi connectivity index (χ1v) is 5.35. The minimum absolute atomic E-state index is 0.162. The summed E-state index contributed by atoms with van der Waals surface area (Å²) >= 11 is 1.72. The van der Waals surface area contributed by atoms with Gasteiger partial charge in [0.2, 0.25) is 0 Å². The molecule has 0 amide bonds. The number of nitrogens with zero attached hydrogens (tertiary/aromatic N) is 2. The number of β-amino-alcohol motifs (C(OH)–C–C–N with tert-alkyl or cyclic N) is 1. The van der Waals surface area contributed by atoms with Crippen LogP contribution in [0.5, 0.6) is 0 Å². The molecule has 0 bridgehead atoms. The molecule has 13 heavy (non-hydrogen) atoms. The number of hydrogen-bond donors (Lipinski definition) is 1. The Kier molecular flexibility index (Phi) is 2.26. The van der Waals surface area contributed by atoms with Crippen LogP contribution in [-0.4, -0.2) is 29.3 Å². The Morgan fingerprint density at radius 1 is 1.54 bits per heavy atom. The summed E-state index contributed by atoms with van der Waals surface area (Å²) in [6, 6.07) is 0. The first-order valence-electron chi connectivity index (χ1n) is 4.54. The fourth-order valence-corrected chi connectivity index (χ4v) is 2.45. The van der Waals surface area contributed by atoms with Crippen LogP contribution in [0.25, 0.3) is 0 Å². The number of hydrogen-bond acceptors (Lipinski definition) is 4. The van der Waals surface area contributed by atoms with E-state index in [4.69, 9.17) is 0 Å². The van der Waals surface area contributed by atoms with E-state index < -0.39 is 0 Å². The summed E-state index contributed by atoms with van der Waals surface area (Å²) in [5.41, 5.74) is 1.11. The zero-order valence-electron chi connectivity index (χ0n) is 7.95. The Balaban J connectivity index is 2.17. The third-order valence-corrected chi connectivity index (χ3v) is 3.58. The molecule has 72 valence electrons. The van der Waals surface area contributed by atoms with Crippen molar-refractivity contribution in [2.75, 3.05) is 18.0 Å². The van der Waals surface area contributed by atoms with Crippen molar-refractivity contribution in [3.63, 3.8) is 0 Å². The average molecular weight is 198 g/mol. The highest BCUT2D eigenvalue weighted by molar-refractivity contribution is 7.15. The van der Waals surface area contributed by atoms with E-state index in [0.29, 0.717) is 0 Å². The second kappa shape index (κ2) is 3.27. The Labute approximate surface area is 82.0 Å². The maximum atomic E-state index is 9.37. The maximum Gasteiger partial charge on any atom is 0.185 e. The molecule has 0 spiro atoms. The monoisotopic (exact) mass is 198 g/mol. The molecule has 1 aromatic heterocycles. The van der Waals surface area contributed by atoms with E-state index in [2.05, 4.69) is 16.8 Å². The molecule has 1 aliphatic heterocycles. The first kappa shape index (κ1) is 8.97. The minimum Gasteiger partial charge on any atom is -0.391 e. The van der Waals surface area contributed by atoms with Crippen molar-refractivity contribution < 1.29 is 5.11 Å². The molecule has 3 nitrogen and oxygen atoms in total. The number of anilines is 1. The Bertz CT molecular complexity index is 291. The second-order valence-corrected chi connectivity index (χ2v) is 4.71. The third-order valence-electron chi connectivity index (χ3n) is 2.45. The number of aromatic nitrogens is 1. The van der Waals surface area contributed by atoms with Crippen LogP contribution in [0.4, 0.5) is 5.13 Å². The fourth-order valence-electron chi connectivity index (χ4n) is 1.51. The summed E-state index contributed by atoms with van der Waals surface area (Å²) in [7, 11) is 0.